The summed E-state index contributed by atoms with van der Waals surface area (Å²) in [7, 11) is 0.985. The highest BCUT2D eigenvalue weighted by atomic mass is 19.4. The molecule has 168 valence electrons. The van der Waals surface area contributed by atoms with E-state index >= 15 is 0 Å². The number of rotatable bonds is 5. The first-order chi connectivity index (χ1) is 15.7. The third-order valence-corrected chi connectivity index (χ3v) is 4.70. The van der Waals surface area contributed by atoms with E-state index in [1.54, 1.807) is 18.3 Å². The van der Waals surface area contributed by atoms with Gasteiger partial charge < -0.3 is 9.84 Å². The van der Waals surface area contributed by atoms with E-state index in [9.17, 15) is 22.8 Å². The first-order valence-corrected chi connectivity index (χ1v) is 9.29. The lowest BCUT2D eigenvalue weighted by molar-refractivity contribution is -0.143. The van der Waals surface area contributed by atoms with Gasteiger partial charge in [0, 0.05) is 5.56 Å². The van der Waals surface area contributed by atoms with Crippen LogP contribution in [-0.2, 0) is 10.9 Å². The number of carbonyl (C=O) groups excluding carboxylic acids is 1. The number of carboxylic acid groups (broad SMARTS) is 1. The van der Waals surface area contributed by atoms with E-state index < -0.39 is 29.4 Å². The summed E-state index contributed by atoms with van der Waals surface area (Å²) in [5, 5.41) is 20.8. The molecule has 0 unspecified atom stereocenters. The number of hydrogen-bond acceptors (Lipinski definition) is 6. The van der Waals surface area contributed by atoms with Crippen LogP contribution in [0.3, 0.4) is 0 Å². The van der Waals surface area contributed by atoms with Gasteiger partial charge in [0.1, 0.15) is 11.3 Å². The Morgan fingerprint density at radius 3 is 2.39 bits per heavy atom. The van der Waals surface area contributed by atoms with Gasteiger partial charge in [-0.1, -0.05) is 17.3 Å². The largest absolute Gasteiger partial charge is 0.478 e. The molecule has 0 saturated heterocycles. The zero-order valence-electron chi connectivity index (χ0n) is 16.8. The lowest BCUT2D eigenvalue weighted by Crippen LogP contribution is -2.18. The number of aromatic nitrogens is 5. The molecule has 4 rings (SSSR count). The van der Waals surface area contributed by atoms with Crippen LogP contribution in [-0.4, -0.2) is 48.9 Å². The minimum atomic E-state index is -4.84. The molecule has 1 N–H and O–H groups in total. The zero-order chi connectivity index (χ0) is 23.8. The van der Waals surface area contributed by atoms with Gasteiger partial charge in [-0.3, -0.25) is 0 Å². The Hall–Kier alpha value is -4.48. The molecule has 0 radical (unpaired) electrons. The number of methoxy groups -OCH3 is 1. The Kier molecular flexibility index (Phi) is 5.42. The molecule has 0 aliphatic rings. The fourth-order valence-corrected chi connectivity index (χ4v) is 3.16. The van der Waals surface area contributed by atoms with Crippen LogP contribution >= 0.6 is 0 Å². The molecular formula is C21H14F3N5O4. The summed E-state index contributed by atoms with van der Waals surface area (Å²) in [6.07, 6.45) is -2.48. The van der Waals surface area contributed by atoms with Crippen LogP contribution < -0.4 is 0 Å². The van der Waals surface area contributed by atoms with E-state index in [-0.39, 0.29) is 11.3 Å². The highest BCUT2D eigenvalue weighted by Gasteiger charge is 2.41. The Bertz CT molecular complexity index is 1340. The van der Waals surface area contributed by atoms with Crippen LogP contribution in [0.4, 0.5) is 13.2 Å². The van der Waals surface area contributed by atoms with E-state index in [0.717, 1.165) is 13.3 Å². The summed E-state index contributed by atoms with van der Waals surface area (Å²) in [5.41, 5.74) is -0.341. The average Bonchev–Trinajstić information content (AvgIpc) is 3.46. The summed E-state index contributed by atoms with van der Waals surface area (Å²) in [6, 6.07) is 11.9. The molecule has 0 spiro atoms. The zero-order valence-corrected chi connectivity index (χ0v) is 16.8. The molecule has 2 aromatic carbocycles. The Morgan fingerprint density at radius 1 is 1.06 bits per heavy atom. The first-order valence-electron chi connectivity index (χ1n) is 9.29. The normalized spacial score (nSPS) is 11.4. The van der Waals surface area contributed by atoms with Gasteiger partial charge in [-0.15, -0.1) is 5.10 Å². The van der Waals surface area contributed by atoms with E-state index in [0.29, 0.717) is 21.6 Å². The average molecular weight is 457 g/mol. The molecular weight excluding hydrogens is 443 g/mol. The minimum absolute atomic E-state index is 0.0655. The molecule has 0 saturated carbocycles. The third kappa shape index (κ3) is 4.18. The first kappa shape index (κ1) is 21.7. The number of carboxylic acids is 1. The maximum atomic E-state index is 13.6. The van der Waals surface area contributed by atoms with Crippen molar-refractivity contribution in [3.8, 4) is 22.6 Å². The Labute approximate surface area is 183 Å². The lowest BCUT2D eigenvalue weighted by Gasteiger charge is -2.12. The van der Waals surface area contributed by atoms with Crippen molar-refractivity contribution in [2.45, 2.75) is 6.18 Å². The number of aromatic carboxylic acids is 1. The molecule has 0 fully saturated rings. The van der Waals surface area contributed by atoms with Crippen LogP contribution in [0.2, 0.25) is 0 Å². The van der Waals surface area contributed by atoms with E-state index in [4.69, 9.17) is 5.11 Å². The molecule has 4 aromatic rings. The van der Waals surface area contributed by atoms with Gasteiger partial charge in [-0.05, 0) is 36.4 Å². The molecule has 0 aliphatic carbocycles. The summed E-state index contributed by atoms with van der Waals surface area (Å²) >= 11 is 0. The van der Waals surface area contributed by atoms with Gasteiger partial charge in [0.05, 0.1) is 36.4 Å². The standard InChI is InChI=1S/C21H14F3N5O4/c1-33-20(32)16-10-25-29(18(16)21(22,23)24)15-7-5-14(6-8-15)28-11-17(26-27-28)12-3-2-4-13(9-12)19(30)31/h2-11H,1H3,(H,30,31). The second-order valence-corrected chi connectivity index (χ2v) is 6.76. The number of halogens is 3. The van der Waals surface area contributed by atoms with Crippen molar-refractivity contribution in [1.82, 2.24) is 24.8 Å². The summed E-state index contributed by atoms with van der Waals surface area (Å²) in [4.78, 5) is 22.9. The molecule has 0 bridgehead atoms. The molecule has 33 heavy (non-hydrogen) atoms. The fourth-order valence-electron chi connectivity index (χ4n) is 3.16. The highest BCUT2D eigenvalue weighted by Crippen LogP contribution is 2.34. The number of carbonyl (C=O) groups is 2. The van der Waals surface area contributed by atoms with Crippen molar-refractivity contribution in [2.75, 3.05) is 7.11 Å². The number of hydrogen-bond donors (Lipinski definition) is 1. The number of esters is 1. The van der Waals surface area contributed by atoms with Gasteiger partial charge in [-0.2, -0.15) is 18.3 Å². The predicted octanol–water partition coefficient (Wildman–Crippen LogP) is 3.62. The number of ether oxygens (including phenoxy) is 1. The van der Waals surface area contributed by atoms with Crippen molar-refractivity contribution in [2.24, 2.45) is 0 Å². The summed E-state index contributed by atoms with van der Waals surface area (Å²) < 4.78 is 47.2. The predicted molar refractivity (Wildman–Crippen MR) is 107 cm³/mol. The molecule has 2 aromatic heterocycles. The van der Waals surface area contributed by atoms with Crippen molar-refractivity contribution < 1.29 is 32.6 Å². The fraction of sp³-hybridized carbons (Fsp3) is 0.0952. The number of alkyl halides is 3. The second-order valence-electron chi connectivity index (χ2n) is 6.76. The van der Waals surface area contributed by atoms with Crippen molar-refractivity contribution in [3.63, 3.8) is 0 Å². The molecule has 2 heterocycles. The molecule has 0 amide bonds. The van der Waals surface area contributed by atoms with Gasteiger partial charge >= 0.3 is 18.1 Å². The second kappa shape index (κ2) is 8.22. The van der Waals surface area contributed by atoms with Crippen LogP contribution in [0, 0.1) is 0 Å². The Balaban J connectivity index is 1.66. The van der Waals surface area contributed by atoms with E-state index in [1.165, 1.54) is 41.1 Å². The van der Waals surface area contributed by atoms with E-state index in [1.807, 2.05) is 0 Å². The van der Waals surface area contributed by atoms with Crippen LogP contribution in [0.5, 0.6) is 0 Å². The molecule has 0 aliphatic heterocycles. The SMILES string of the molecule is COC(=O)c1cnn(-c2ccc(-n3cc(-c4cccc(C(=O)O)c4)nn3)cc2)c1C(F)(F)F. The molecule has 0 atom stereocenters. The molecule has 12 heteroatoms. The smallest absolute Gasteiger partial charge is 0.434 e. The van der Waals surface area contributed by atoms with Crippen molar-refractivity contribution in [1.29, 1.82) is 0 Å². The van der Waals surface area contributed by atoms with Crippen LogP contribution in [0.25, 0.3) is 22.6 Å². The third-order valence-electron chi connectivity index (χ3n) is 4.70. The minimum Gasteiger partial charge on any atom is -0.478 e. The topological polar surface area (TPSA) is 112 Å². The van der Waals surface area contributed by atoms with Crippen molar-refractivity contribution >= 4 is 11.9 Å². The lowest BCUT2D eigenvalue weighted by atomic mass is 10.1. The Morgan fingerprint density at radius 2 is 1.76 bits per heavy atom. The van der Waals surface area contributed by atoms with Crippen LogP contribution in [0.1, 0.15) is 26.4 Å². The van der Waals surface area contributed by atoms with Gasteiger partial charge in [0.2, 0.25) is 0 Å². The number of nitrogens with zero attached hydrogens (tertiary/aromatic N) is 5. The quantitative estimate of drug-likeness (QED) is 0.456. The summed E-state index contributed by atoms with van der Waals surface area (Å²) in [6.45, 7) is 0. The molecule has 9 nitrogen and oxygen atoms in total. The van der Waals surface area contributed by atoms with Crippen LogP contribution in [0.15, 0.2) is 60.9 Å². The van der Waals surface area contributed by atoms with Gasteiger partial charge in [0.25, 0.3) is 0 Å². The van der Waals surface area contributed by atoms with E-state index in [2.05, 4.69) is 20.1 Å². The number of benzene rings is 2. The van der Waals surface area contributed by atoms with Gasteiger partial charge in [0.15, 0.2) is 5.69 Å². The van der Waals surface area contributed by atoms with Gasteiger partial charge in [-0.25, -0.2) is 19.0 Å². The maximum absolute atomic E-state index is 13.6. The summed E-state index contributed by atoms with van der Waals surface area (Å²) in [5.74, 6) is -2.22. The monoisotopic (exact) mass is 457 g/mol. The highest BCUT2D eigenvalue weighted by molar-refractivity contribution is 5.91. The van der Waals surface area contributed by atoms with Crippen molar-refractivity contribution in [3.05, 3.63) is 77.7 Å². The maximum Gasteiger partial charge on any atom is 0.434 e.